The van der Waals surface area contributed by atoms with Crippen molar-refractivity contribution in [3.63, 3.8) is 0 Å². The number of hydrogen-bond acceptors (Lipinski definition) is 5. The van der Waals surface area contributed by atoms with Gasteiger partial charge in [0.2, 0.25) is 0 Å². The lowest BCUT2D eigenvalue weighted by molar-refractivity contribution is 0.535. The largest absolute Gasteiger partial charge is 0.455 e. The van der Waals surface area contributed by atoms with Crippen LogP contribution in [0.15, 0.2) is 0 Å². The molecule has 0 aliphatic carbocycles. The molecule has 2 aromatic heterocycles. The first-order valence-corrected chi connectivity index (χ1v) is 21.1. The molecule has 0 saturated heterocycles. The van der Waals surface area contributed by atoms with Gasteiger partial charge in [0.25, 0.3) is 0 Å². The molecule has 2 aromatic rings. The van der Waals surface area contributed by atoms with Gasteiger partial charge in [-0.05, 0) is 111 Å². The number of rotatable bonds is 14. The number of hydrogen-bond donors (Lipinski definition) is 0. The van der Waals surface area contributed by atoms with Gasteiger partial charge in [0, 0.05) is 11.4 Å². The lowest BCUT2D eigenvalue weighted by Crippen LogP contribution is -2.48. The van der Waals surface area contributed by atoms with E-state index < -0.39 is 16.6 Å². The molecule has 0 fully saturated rings. The summed E-state index contributed by atoms with van der Waals surface area (Å²) in [7, 11) is -4.26. The summed E-state index contributed by atoms with van der Waals surface area (Å²) < 4.78 is 7.21. The third-order valence-corrected chi connectivity index (χ3v) is 14.3. The normalized spacial score (nSPS) is 11.9. The Balaban J connectivity index is 2.48. The maximum Gasteiger partial charge on any atom is 0.177 e. The fourth-order valence-corrected chi connectivity index (χ4v) is 15.2. The number of nitriles is 2. The third kappa shape index (κ3) is 8.33. The monoisotopic (exact) mass is 562 g/mol. The Bertz CT molecular complexity index is 1140. The topological polar surface area (TPSA) is 82.6 Å². The minimum Gasteiger partial charge on any atom is -0.455 e. The number of nitrogens with zero attached hydrogens (tertiary/aromatic N) is 4. The van der Waals surface area contributed by atoms with Crippen molar-refractivity contribution in [1.29, 1.82) is 10.5 Å². The third-order valence-electron chi connectivity index (χ3n) is 7.52. The summed E-state index contributed by atoms with van der Waals surface area (Å²) in [4.78, 5) is 9.76. The molecular formula is C32H50N4OSi2. The van der Waals surface area contributed by atoms with Crippen molar-refractivity contribution in [3.8, 4) is 12.1 Å². The molecule has 39 heavy (non-hydrogen) atoms. The Morgan fingerprint density at radius 1 is 0.590 bits per heavy atom. The summed E-state index contributed by atoms with van der Waals surface area (Å²) >= 11 is 0. The van der Waals surface area contributed by atoms with E-state index >= 15 is 0 Å². The lowest BCUT2D eigenvalue weighted by atomic mass is 9.96. The molecule has 0 spiro atoms. The van der Waals surface area contributed by atoms with Crippen molar-refractivity contribution in [2.45, 2.75) is 131 Å². The first-order valence-electron chi connectivity index (χ1n) is 14.9. The summed E-state index contributed by atoms with van der Waals surface area (Å²) in [6.07, 6.45) is 7.55. The van der Waals surface area contributed by atoms with Gasteiger partial charge in [-0.2, -0.15) is 10.5 Å². The van der Waals surface area contributed by atoms with Crippen LogP contribution in [0.1, 0.15) is 110 Å². The second-order valence-corrected chi connectivity index (χ2v) is 20.7. The summed E-state index contributed by atoms with van der Waals surface area (Å²) in [6.45, 7) is 22.4. The Morgan fingerprint density at radius 2 is 0.923 bits per heavy atom. The van der Waals surface area contributed by atoms with Crippen LogP contribution in [-0.2, 0) is 41.9 Å². The van der Waals surface area contributed by atoms with Crippen molar-refractivity contribution < 1.29 is 4.12 Å². The van der Waals surface area contributed by atoms with Gasteiger partial charge < -0.3 is 4.12 Å². The number of aryl methyl sites for hydroxylation is 2. The maximum atomic E-state index is 9.80. The molecular weight excluding hydrogens is 513 g/mol. The molecule has 5 nitrogen and oxygen atoms in total. The second-order valence-electron chi connectivity index (χ2n) is 12.2. The summed E-state index contributed by atoms with van der Waals surface area (Å²) in [6, 6.07) is 6.56. The van der Waals surface area contributed by atoms with Gasteiger partial charge >= 0.3 is 0 Å². The molecule has 0 amide bonds. The SMILES string of the molecule is CCCc1nc(C#N)c(CCC)c(C)c1C[Si](C)(C)O[Si](C)(C)Cc1c(CCC)nc(C#N)c(CCC)c1C. The van der Waals surface area contributed by atoms with Crippen LogP contribution in [0.5, 0.6) is 0 Å². The van der Waals surface area contributed by atoms with Crippen molar-refractivity contribution in [2.24, 2.45) is 0 Å². The van der Waals surface area contributed by atoms with E-state index in [0.29, 0.717) is 11.4 Å². The van der Waals surface area contributed by atoms with Crippen LogP contribution in [0.2, 0.25) is 26.2 Å². The Labute approximate surface area is 240 Å². The first-order chi connectivity index (χ1) is 18.4. The molecule has 0 atom stereocenters. The molecule has 0 aliphatic heterocycles. The van der Waals surface area contributed by atoms with E-state index in [0.717, 1.165) is 86.0 Å². The van der Waals surface area contributed by atoms with Gasteiger partial charge in [0.1, 0.15) is 23.5 Å². The van der Waals surface area contributed by atoms with E-state index in [1.54, 1.807) is 0 Å². The Morgan fingerprint density at radius 3 is 1.21 bits per heavy atom. The second kappa shape index (κ2) is 14.3. The van der Waals surface area contributed by atoms with Gasteiger partial charge in [-0.3, -0.25) is 0 Å². The average molecular weight is 563 g/mol. The van der Waals surface area contributed by atoms with Crippen molar-refractivity contribution in [2.75, 3.05) is 0 Å². The predicted octanol–water partition coefficient (Wildman–Crippen LogP) is 7.94. The molecule has 0 radical (unpaired) electrons. The van der Waals surface area contributed by atoms with E-state index in [9.17, 15) is 10.5 Å². The van der Waals surface area contributed by atoms with E-state index in [2.05, 4.69) is 79.9 Å². The highest BCUT2D eigenvalue weighted by molar-refractivity contribution is 6.84. The van der Waals surface area contributed by atoms with Crippen molar-refractivity contribution in [3.05, 3.63) is 56.2 Å². The highest BCUT2D eigenvalue weighted by Gasteiger charge is 2.36. The fraction of sp³-hybridized carbons (Fsp3) is 0.625. The average Bonchev–Trinajstić information content (AvgIpc) is 2.86. The molecule has 0 N–H and O–H groups in total. The lowest BCUT2D eigenvalue weighted by Gasteiger charge is -2.36. The van der Waals surface area contributed by atoms with Crippen molar-refractivity contribution in [1.82, 2.24) is 9.97 Å². The minimum absolute atomic E-state index is 0.603. The molecule has 2 heterocycles. The van der Waals surface area contributed by atoms with Gasteiger partial charge in [0.05, 0.1) is 0 Å². The zero-order valence-corrected chi connectivity index (χ0v) is 28.3. The Hall–Kier alpha value is -2.33. The molecule has 2 rings (SSSR count). The summed E-state index contributed by atoms with van der Waals surface area (Å²) in [5.74, 6) is 0. The van der Waals surface area contributed by atoms with Crippen LogP contribution < -0.4 is 0 Å². The first kappa shape index (κ1) is 32.9. The molecule has 0 bridgehead atoms. The standard InChI is InChI=1S/C32H50N4OSi2/c1-11-15-25-23(5)27(29(17-13-3)35-31(25)19-33)21-38(7,8)37-39(9,10)22-28-24(6)26(16-12-2)32(20-34)36-30(28)18-14-4/h11-18,21-22H2,1-10H3. The smallest absolute Gasteiger partial charge is 0.177 e. The van der Waals surface area contributed by atoms with E-state index in [-0.39, 0.29) is 0 Å². The van der Waals surface area contributed by atoms with Gasteiger partial charge in [-0.25, -0.2) is 9.97 Å². The zero-order valence-electron chi connectivity index (χ0n) is 26.3. The van der Waals surface area contributed by atoms with E-state index in [1.165, 1.54) is 22.3 Å². The molecule has 0 aliphatic rings. The van der Waals surface area contributed by atoms with Crippen LogP contribution in [0, 0.1) is 36.5 Å². The highest BCUT2D eigenvalue weighted by Crippen LogP contribution is 2.31. The molecule has 0 saturated carbocycles. The minimum atomic E-state index is -2.13. The summed E-state index contributed by atoms with van der Waals surface area (Å²) in [5, 5.41) is 19.6. The fourth-order valence-electron chi connectivity index (χ4n) is 6.02. The summed E-state index contributed by atoms with van der Waals surface area (Å²) in [5.41, 5.74) is 10.7. The van der Waals surface area contributed by atoms with E-state index in [4.69, 9.17) is 14.1 Å². The van der Waals surface area contributed by atoms with Crippen LogP contribution in [-0.4, -0.2) is 26.6 Å². The van der Waals surface area contributed by atoms with E-state index in [1.807, 2.05) is 0 Å². The maximum absolute atomic E-state index is 9.80. The molecule has 212 valence electrons. The molecule has 7 heteroatoms. The Kier molecular flexibility index (Phi) is 12.1. The molecule has 0 aromatic carbocycles. The molecule has 0 unspecified atom stereocenters. The van der Waals surface area contributed by atoms with Crippen LogP contribution in [0.25, 0.3) is 0 Å². The zero-order chi connectivity index (χ0) is 29.4. The highest BCUT2D eigenvalue weighted by atomic mass is 28.4. The van der Waals surface area contributed by atoms with Crippen LogP contribution >= 0.6 is 0 Å². The van der Waals surface area contributed by atoms with Gasteiger partial charge in [0.15, 0.2) is 16.6 Å². The van der Waals surface area contributed by atoms with Gasteiger partial charge in [-0.15, -0.1) is 0 Å². The number of aromatic nitrogens is 2. The quantitative estimate of drug-likeness (QED) is 0.218. The van der Waals surface area contributed by atoms with Crippen LogP contribution in [0.4, 0.5) is 0 Å². The predicted molar refractivity (Wildman–Crippen MR) is 167 cm³/mol. The van der Waals surface area contributed by atoms with Crippen LogP contribution in [0.3, 0.4) is 0 Å². The van der Waals surface area contributed by atoms with Crippen molar-refractivity contribution >= 4 is 16.6 Å². The number of pyridine rings is 2. The van der Waals surface area contributed by atoms with Gasteiger partial charge in [-0.1, -0.05) is 53.4 Å².